The quantitative estimate of drug-likeness (QED) is 0.860. The van der Waals surface area contributed by atoms with Crippen LogP contribution < -0.4 is 11.1 Å². The zero-order chi connectivity index (χ0) is 13.7. The van der Waals surface area contributed by atoms with Gasteiger partial charge in [-0.1, -0.05) is 23.7 Å². The third kappa shape index (κ3) is 4.49. The molecule has 1 aromatic carbocycles. The summed E-state index contributed by atoms with van der Waals surface area (Å²) in [5, 5.41) is 4.02. The summed E-state index contributed by atoms with van der Waals surface area (Å²) in [6, 6.07) is 7.45. The van der Waals surface area contributed by atoms with Gasteiger partial charge in [-0.05, 0) is 37.0 Å². The van der Waals surface area contributed by atoms with Crippen LogP contribution in [-0.2, 0) is 16.0 Å². The van der Waals surface area contributed by atoms with E-state index in [1.54, 1.807) is 0 Å². The lowest BCUT2D eigenvalue weighted by Gasteiger charge is -2.27. The molecular weight excluding hydrogens is 264 g/mol. The number of halogens is 1. The Morgan fingerprint density at radius 2 is 2.00 bits per heavy atom. The number of carbonyl (C=O) groups excluding carboxylic acids is 1. The predicted octanol–water partition coefficient (Wildman–Crippen LogP) is 1.50. The van der Waals surface area contributed by atoms with Crippen molar-refractivity contribution in [3.8, 4) is 0 Å². The monoisotopic (exact) mass is 282 g/mol. The number of rotatable bonds is 5. The van der Waals surface area contributed by atoms with E-state index in [-0.39, 0.29) is 11.9 Å². The van der Waals surface area contributed by atoms with E-state index in [0.717, 1.165) is 31.6 Å². The first-order valence-corrected chi connectivity index (χ1v) is 6.90. The molecule has 0 bridgehead atoms. The number of hydrogen-bond acceptors (Lipinski definition) is 3. The molecule has 1 aliphatic rings. The average Bonchev–Trinajstić information content (AvgIpc) is 2.41. The molecule has 0 radical (unpaired) electrons. The van der Waals surface area contributed by atoms with Crippen LogP contribution >= 0.6 is 11.6 Å². The van der Waals surface area contributed by atoms with Crippen LogP contribution in [0.25, 0.3) is 0 Å². The molecule has 0 unspecified atom stereocenters. The number of ether oxygens (including phenoxy) is 1. The van der Waals surface area contributed by atoms with Gasteiger partial charge in [-0.25, -0.2) is 0 Å². The highest BCUT2D eigenvalue weighted by Gasteiger charge is 2.22. The van der Waals surface area contributed by atoms with Crippen molar-refractivity contribution in [2.24, 2.45) is 5.73 Å². The molecule has 4 nitrogen and oxygen atoms in total. The van der Waals surface area contributed by atoms with Crippen molar-refractivity contribution < 1.29 is 9.53 Å². The third-order valence-electron chi connectivity index (χ3n) is 3.35. The van der Waals surface area contributed by atoms with Crippen LogP contribution in [0.4, 0.5) is 0 Å². The van der Waals surface area contributed by atoms with E-state index in [9.17, 15) is 4.79 Å². The summed E-state index contributed by atoms with van der Waals surface area (Å²) < 4.78 is 5.30. The lowest BCUT2D eigenvalue weighted by molar-refractivity contribution is -0.120. The van der Waals surface area contributed by atoms with Crippen molar-refractivity contribution in [2.75, 3.05) is 13.2 Å². The Labute approximate surface area is 118 Å². The number of benzene rings is 1. The summed E-state index contributed by atoms with van der Waals surface area (Å²) in [5.41, 5.74) is 6.52. The fraction of sp³-hybridized carbons (Fsp3) is 0.500. The van der Waals surface area contributed by atoms with E-state index in [0.29, 0.717) is 17.5 Å². The first-order valence-electron chi connectivity index (χ1n) is 6.52. The maximum atomic E-state index is 11.5. The second kappa shape index (κ2) is 6.89. The second-order valence-corrected chi connectivity index (χ2v) is 5.28. The fourth-order valence-electron chi connectivity index (χ4n) is 2.25. The minimum absolute atomic E-state index is 0.304. The maximum Gasteiger partial charge on any atom is 0.234 e. The van der Waals surface area contributed by atoms with E-state index in [1.807, 2.05) is 24.3 Å². The third-order valence-corrected chi connectivity index (χ3v) is 3.61. The number of hydrogen-bond donors (Lipinski definition) is 2. The number of carbonyl (C=O) groups is 1. The van der Waals surface area contributed by atoms with Gasteiger partial charge in [-0.3, -0.25) is 4.79 Å². The predicted molar refractivity (Wildman–Crippen MR) is 75.1 cm³/mol. The Hall–Kier alpha value is -1.10. The molecule has 1 aliphatic heterocycles. The molecule has 1 heterocycles. The van der Waals surface area contributed by atoms with Crippen molar-refractivity contribution in [3.63, 3.8) is 0 Å². The Balaban J connectivity index is 1.95. The molecule has 1 amide bonds. The summed E-state index contributed by atoms with van der Waals surface area (Å²) in [6.07, 6.45) is 2.43. The highest BCUT2D eigenvalue weighted by atomic mass is 35.5. The number of nitrogens with two attached hydrogens (primary N) is 1. The van der Waals surface area contributed by atoms with Crippen LogP contribution in [0.15, 0.2) is 24.3 Å². The van der Waals surface area contributed by atoms with Gasteiger partial charge in [0.15, 0.2) is 0 Å². The molecular formula is C14H19ClN2O2. The van der Waals surface area contributed by atoms with E-state index < -0.39 is 0 Å². The minimum Gasteiger partial charge on any atom is -0.381 e. The summed E-state index contributed by atoms with van der Waals surface area (Å²) in [4.78, 5) is 11.5. The SMILES string of the molecule is NC(=O)[C@@H](Cc1ccc(Cl)cc1)NC1CCOCC1. The van der Waals surface area contributed by atoms with Gasteiger partial charge in [0.05, 0.1) is 6.04 Å². The summed E-state index contributed by atoms with van der Waals surface area (Å²) in [5.74, 6) is -0.318. The molecule has 3 N–H and O–H groups in total. The van der Waals surface area contributed by atoms with Crippen LogP contribution in [0.5, 0.6) is 0 Å². The second-order valence-electron chi connectivity index (χ2n) is 4.84. The molecule has 1 saturated heterocycles. The smallest absolute Gasteiger partial charge is 0.234 e. The molecule has 0 saturated carbocycles. The van der Waals surface area contributed by atoms with E-state index >= 15 is 0 Å². The lowest BCUT2D eigenvalue weighted by Crippen LogP contribution is -2.49. The van der Waals surface area contributed by atoms with E-state index in [4.69, 9.17) is 22.1 Å². The lowest BCUT2D eigenvalue weighted by atomic mass is 10.0. The van der Waals surface area contributed by atoms with E-state index in [2.05, 4.69) is 5.32 Å². The van der Waals surface area contributed by atoms with Crippen LogP contribution in [0, 0.1) is 0 Å². The van der Waals surface area contributed by atoms with Gasteiger partial charge in [0.2, 0.25) is 5.91 Å². The normalized spacial score (nSPS) is 18.2. The highest BCUT2D eigenvalue weighted by molar-refractivity contribution is 6.30. The molecule has 0 aliphatic carbocycles. The Morgan fingerprint density at radius 3 is 2.58 bits per heavy atom. The number of amides is 1. The minimum atomic E-state index is -0.343. The van der Waals surface area contributed by atoms with Crippen molar-refractivity contribution in [2.45, 2.75) is 31.3 Å². The van der Waals surface area contributed by atoms with Gasteiger partial charge in [0.25, 0.3) is 0 Å². The maximum absolute atomic E-state index is 11.5. The van der Waals surface area contributed by atoms with E-state index in [1.165, 1.54) is 0 Å². The van der Waals surface area contributed by atoms with Gasteiger partial charge >= 0.3 is 0 Å². The Morgan fingerprint density at radius 1 is 1.37 bits per heavy atom. The molecule has 1 aromatic rings. The van der Waals surface area contributed by atoms with Gasteiger partial charge in [-0.15, -0.1) is 0 Å². The van der Waals surface area contributed by atoms with Gasteiger partial charge in [0, 0.05) is 24.3 Å². The molecule has 0 spiro atoms. The molecule has 104 valence electrons. The van der Waals surface area contributed by atoms with Gasteiger partial charge in [-0.2, -0.15) is 0 Å². The topological polar surface area (TPSA) is 64.4 Å². The first kappa shape index (κ1) is 14.3. The largest absolute Gasteiger partial charge is 0.381 e. The van der Waals surface area contributed by atoms with Crippen LogP contribution in [-0.4, -0.2) is 31.2 Å². The fourth-order valence-corrected chi connectivity index (χ4v) is 2.37. The standard InChI is InChI=1S/C14H19ClN2O2/c15-11-3-1-10(2-4-11)9-13(14(16)18)17-12-5-7-19-8-6-12/h1-4,12-13,17H,5-9H2,(H2,16,18)/t13-/m1/s1. The molecule has 1 atom stereocenters. The van der Waals surface area contributed by atoms with Crippen LogP contribution in [0.2, 0.25) is 5.02 Å². The van der Waals surface area contributed by atoms with Gasteiger partial charge in [0.1, 0.15) is 0 Å². The zero-order valence-electron chi connectivity index (χ0n) is 10.8. The van der Waals surface area contributed by atoms with Crippen molar-refractivity contribution in [1.29, 1.82) is 0 Å². The molecule has 0 aromatic heterocycles. The van der Waals surface area contributed by atoms with Crippen molar-refractivity contribution >= 4 is 17.5 Å². The first-order chi connectivity index (χ1) is 9.15. The number of primary amides is 1. The van der Waals surface area contributed by atoms with Crippen molar-refractivity contribution in [3.05, 3.63) is 34.9 Å². The Bertz CT molecular complexity index is 416. The van der Waals surface area contributed by atoms with Crippen LogP contribution in [0.1, 0.15) is 18.4 Å². The summed E-state index contributed by atoms with van der Waals surface area (Å²) in [7, 11) is 0. The molecule has 2 rings (SSSR count). The highest BCUT2D eigenvalue weighted by Crippen LogP contribution is 2.13. The molecule has 19 heavy (non-hydrogen) atoms. The summed E-state index contributed by atoms with van der Waals surface area (Å²) in [6.45, 7) is 1.48. The molecule has 5 heteroatoms. The Kier molecular flexibility index (Phi) is 5.19. The summed E-state index contributed by atoms with van der Waals surface area (Å²) >= 11 is 5.85. The average molecular weight is 283 g/mol. The van der Waals surface area contributed by atoms with Crippen molar-refractivity contribution in [1.82, 2.24) is 5.32 Å². The van der Waals surface area contributed by atoms with Crippen LogP contribution in [0.3, 0.4) is 0 Å². The molecule has 1 fully saturated rings. The zero-order valence-corrected chi connectivity index (χ0v) is 11.5. The van der Waals surface area contributed by atoms with Gasteiger partial charge < -0.3 is 15.8 Å². The number of nitrogens with one attached hydrogen (secondary N) is 1.